The van der Waals surface area contributed by atoms with Crippen LogP contribution in [0.3, 0.4) is 0 Å². The van der Waals surface area contributed by atoms with Gasteiger partial charge in [-0.25, -0.2) is 4.21 Å². The summed E-state index contributed by atoms with van der Waals surface area (Å²) in [5.74, 6) is 0. The van der Waals surface area contributed by atoms with Gasteiger partial charge < -0.3 is 4.42 Å². The lowest BCUT2D eigenvalue weighted by Crippen LogP contribution is -2.19. The van der Waals surface area contributed by atoms with Crippen molar-refractivity contribution in [3.8, 4) is 0 Å². The zero-order valence-electron chi connectivity index (χ0n) is 11.0. The van der Waals surface area contributed by atoms with Gasteiger partial charge in [-0.2, -0.15) is 0 Å². The molecule has 5 heteroatoms. The summed E-state index contributed by atoms with van der Waals surface area (Å²) in [5, 5.41) is 2.37. The topological polar surface area (TPSA) is 50.4 Å². The third kappa shape index (κ3) is 3.13. The average molecular weight is 316 g/mol. The zero-order chi connectivity index (χ0) is 14.7. The Balaban J connectivity index is 2.10. The highest BCUT2D eigenvalue weighted by molar-refractivity contribution is 7.80. The van der Waals surface area contributed by atoms with E-state index >= 15 is 0 Å². The normalized spacial score (nSPS) is 12.5. The fourth-order valence-corrected chi connectivity index (χ4v) is 4.65. The molecule has 106 valence electrons. The summed E-state index contributed by atoms with van der Waals surface area (Å²) in [6, 6.07) is 23.5. The van der Waals surface area contributed by atoms with E-state index < -0.39 is 19.0 Å². The van der Waals surface area contributed by atoms with Gasteiger partial charge in [-0.15, -0.1) is 0 Å². The van der Waals surface area contributed by atoms with E-state index in [-0.39, 0.29) is 5.09 Å². The van der Waals surface area contributed by atoms with Gasteiger partial charge in [0.25, 0.3) is 0 Å². The highest BCUT2D eigenvalue weighted by Gasteiger charge is 2.20. The van der Waals surface area contributed by atoms with Crippen LogP contribution in [0.1, 0.15) is 0 Å². The van der Waals surface area contributed by atoms with Gasteiger partial charge in [0.2, 0.25) is 16.2 Å². The van der Waals surface area contributed by atoms with Crippen molar-refractivity contribution in [2.45, 2.75) is 5.09 Å². The minimum absolute atomic E-state index is 0.0874. The van der Waals surface area contributed by atoms with Gasteiger partial charge >= 0.3 is 0 Å². The van der Waals surface area contributed by atoms with Crippen LogP contribution in [0.5, 0.6) is 0 Å². The van der Waals surface area contributed by atoms with Gasteiger partial charge in [0, 0.05) is 7.92 Å². The van der Waals surface area contributed by atoms with Crippen molar-refractivity contribution in [1.82, 2.24) is 0 Å². The Morgan fingerprint density at radius 3 is 1.76 bits per heavy atom. The first-order chi connectivity index (χ1) is 10.3. The van der Waals surface area contributed by atoms with Gasteiger partial charge in [-0.3, -0.25) is 4.55 Å². The maximum absolute atomic E-state index is 11.1. The second-order valence-corrected chi connectivity index (χ2v) is 7.39. The second-order valence-electron chi connectivity index (χ2n) is 4.35. The Kier molecular flexibility index (Phi) is 4.30. The predicted molar refractivity (Wildman–Crippen MR) is 86.5 cm³/mol. The molecular weight excluding hydrogens is 303 g/mol. The smallest absolute Gasteiger partial charge is 0.223 e. The lowest BCUT2D eigenvalue weighted by Gasteiger charge is -2.15. The molecule has 0 aliphatic heterocycles. The molecule has 0 fully saturated rings. The summed E-state index contributed by atoms with van der Waals surface area (Å²) >= 11 is -2.09. The van der Waals surface area contributed by atoms with Crippen LogP contribution in [0, 0.1) is 0 Å². The highest BCUT2D eigenvalue weighted by atomic mass is 32.2. The Morgan fingerprint density at radius 2 is 1.33 bits per heavy atom. The van der Waals surface area contributed by atoms with E-state index in [1.54, 1.807) is 12.1 Å². The molecule has 1 aromatic heterocycles. The first kappa shape index (κ1) is 14.2. The third-order valence-electron chi connectivity index (χ3n) is 2.99. The molecule has 2 aromatic carbocycles. The SMILES string of the molecule is O=S(O)c1ccc(P(c2ccccc2)c2ccccc2)o1. The molecule has 1 unspecified atom stereocenters. The fraction of sp³-hybridized carbons (Fsp3) is 0. The first-order valence-corrected chi connectivity index (χ1v) is 8.81. The fourth-order valence-electron chi connectivity index (χ4n) is 2.08. The first-order valence-electron chi connectivity index (χ1n) is 6.36. The van der Waals surface area contributed by atoms with Crippen molar-refractivity contribution in [1.29, 1.82) is 0 Å². The van der Waals surface area contributed by atoms with Gasteiger partial charge in [0.1, 0.15) is 5.50 Å². The van der Waals surface area contributed by atoms with E-state index in [9.17, 15) is 4.21 Å². The monoisotopic (exact) mass is 316 g/mol. The van der Waals surface area contributed by atoms with Crippen molar-refractivity contribution in [2.75, 3.05) is 0 Å². The lowest BCUT2D eigenvalue weighted by atomic mass is 10.4. The Labute approximate surface area is 126 Å². The van der Waals surface area contributed by atoms with Crippen molar-refractivity contribution in [3.05, 3.63) is 72.8 Å². The van der Waals surface area contributed by atoms with Crippen LogP contribution in [-0.4, -0.2) is 8.76 Å². The van der Waals surface area contributed by atoms with Crippen LogP contribution >= 0.6 is 7.92 Å². The van der Waals surface area contributed by atoms with Gasteiger partial charge in [0.05, 0.1) is 0 Å². The summed E-state index contributed by atoms with van der Waals surface area (Å²) in [7, 11) is -0.862. The molecule has 0 saturated carbocycles. The summed E-state index contributed by atoms with van der Waals surface area (Å²) < 4.78 is 25.9. The van der Waals surface area contributed by atoms with Crippen LogP contribution in [0.15, 0.2) is 82.3 Å². The Hall–Kier alpha value is -1.74. The Bertz CT molecular complexity index is 701. The predicted octanol–water partition coefficient (Wildman–Crippen LogP) is 2.62. The molecule has 0 radical (unpaired) electrons. The molecule has 1 atom stereocenters. The Morgan fingerprint density at radius 1 is 0.810 bits per heavy atom. The quantitative estimate of drug-likeness (QED) is 0.594. The molecule has 0 spiro atoms. The van der Waals surface area contributed by atoms with E-state index in [1.807, 2.05) is 36.4 Å². The van der Waals surface area contributed by atoms with Crippen molar-refractivity contribution < 1.29 is 13.2 Å². The van der Waals surface area contributed by atoms with Crippen molar-refractivity contribution in [2.24, 2.45) is 0 Å². The third-order valence-corrected chi connectivity index (χ3v) is 5.86. The molecule has 1 heterocycles. The minimum Gasteiger partial charge on any atom is -0.445 e. The van der Waals surface area contributed by atoms with E-state index in [2.05, 4.69) is 24.3 Å². The molecule has 3 rings (SSSR count). The molecule has 3 nitrogen and oxygen atoms in total. The maximum Gasteiger partial charge on any atom is 0.223 e. The van der Waals surface area contributed by atoms with Crippen molar-refractivity contribution in [3.63, 3.8) is 0 Å². The van der Waals surface area contributed by atoms with E-state index in [0.29, 0.717) is 0 Å². The number of hydrogen-bond acceptors (Lipinski definition) is 2. The van der Waals surface area contributed by atoms with E-state index in [4.69, 9.17) is 8.97 Å². The number of benzene rings is 2. The van der Waals surface area contributed by atoms with Crippen LogP contribution in [-0.2, 0) is 11.1 Å². The van der Waals surface area contributed by atoms with Gasteiger partial charge in [0.15, 0.2) is 0 Å². The second kappa shape index (κ2) is 6.35. The largest absolute Gasteiger partial charge is 0.445 e. The van der Waals surface area contributed by atoms with Gasteiger partial charge in [-0.05, 0) is 22.7 Å². The molecule has 0 bridgehead atoms. The zero-order valence-corrected chi connectivity index (χ0v) is 12.8. The summed E-state index contributed by atoms with van der Waals surface area (Å²) in [5.41, 5.74) is 0.722. The number of rotatable bonds is 4. The highest BCUT2D eigenvalue weighted by Crippen LogP contribution is 2.33. The average Bonchev–Trinajstić information content (AvgIpc) is 3.00. The molecule has 3 aromatic rings. The molecule has 0 aliphatic carbocycles. The van der Waals surface area contributed by atoms with Gasteiger partial charge in [-0.1, -0.05) is 60.7 Å². The molecule has 0 saturated heterocycles. The summed E-state index contributed by atoms with van der Waals surface area (Å²) in [4.78, 5) is 0. The van der Waals surface area contributed by atoms with Crippen LogP contribution in [0.2, 0.25) is 0 Å². The molecule has 0 amide bonds. The van der Waals surface area contributed by atoms with Crippen LogP contribution in [0.4, 0.5) is 0 Å². The standard InChI is InChI=1S/C16H13O3PS/c17-21(18)16-12-11-15(19-16)20(13-7-3-1-4-8-13)14-9-5-2-6-10-14/h1-12H,(H,17,18). The minimum atomic E-state index is -2.09. The molecule has 1 N–H and O–H groups in total. The van der Waals surface area contributed by atoms with E-state index in [0.717, 1.165) is 16.1 Å². The molecule has 21 heavy (non-hydrogen) atoms. The summed E-state index contributed by atoms with van der Waals surface area (Å²) in [6.45, 7) is 0. The number of hydrogen-bond donors (Lipinski definition) is 1. The lowest BCUT2D eigenvalue weighted by molar-refractivity contribution is 0.462. The van der Waals surface area contributed by atoms with Crippen LogP contribution in [0.25, 0.3) is 0 Å². The molecule has 0 aliphatic rings. The number of furan rings is 1. The van der Waals surface area contributed by atoms with Crippen LogP contribution < -0.4 is 16.1 Å². The molecular formula is C16H13O3PS. The van der Waals surface area contributed by atoms with E-state index in [1.165, 1.54) is 0 Å². The summed E-state index contributed by atoms with van der Waals surface area (Å²) in [6.07, 6.45) is 0. The van der Waals surface area contributed by atoms with Crippen molar-refractivity contribution >= 4 is 35.1 Å². The maximum atomic E-state index is 11.1.